The summed E-state index contributed by atoms with van der Waals surface area (Å²) in [6.07, 6.45) is 3.32. The number of fused-ring (bicyclic) bond motifs is 2. The van der Waals surface area contributed by atoms with Crippen molar-refractivity contribution in [1.29, 1.82) is 0 Å². The maximum atomic E-state index is 11.6. The van der Waals surface area contributed by atoms with Gasteiger partial charge >= 0.3 is 0 Å². The van der Waals surface area contributed by atoms with E-state index < -0.39 is 0 Å². The van der Waals surface area contributed by atoms with E-state index in [1.54, 1.807) is 7.11 Å². The number of hydrogen-bond donors (Lipinski definition) is 1. The number of unbranched alkanes of at least 4 members (excludes halogenated alkanes) is 1. The molecule has 1 N–H and O–H groups in total. The Hall–Kier alpha value is -3.36. The zero-order valence-electron chi connectivity index (χ0n) is 21.6. The van der Waals surface area contributed by atoms with Gasteiger partial charge in [0.1, 0.15) is 18.2 Å². The van der Waals surface area contributed by atoms with Gasteiger partial charge in [-0.25, -0.2) is 0 Å². The van der Waals surface area contributed by atoms with Crippen molar-refractivity contribution in [3.05, 3.63) is 54.1 Å². The summed E-state index contributed by atoms with van der Waals surface area (Å²) in [6, 6.07) is 16.7. The zero-order valence-corrected chi connectivity index (χ0v) is 21.6. The van der Waals surface area contributed by atoms with Gasteiger partial charge in [0.25, 0.3) is 0 Å². The summed E-state index contributed by atoms with van der Waals surface area (Å²) in [5, 5.41) is 5.30. The molecule has 1 aromatic heterocycles. The topological polar surface area (TPSA) is 76.2 Å². The van der Waals surface area contributed by atoms with Gasteiger partial charge in [0.2, 0.25) is 11.8 Å². The highest BCUT2D eigenvalue weighted by molar-refractivity contribution is 5.95. The number of carbonyl (C=O) groups excluding carboxylic acids is 1. The lowest BCUT2D eigenvalue weighted by Gasteiger charge is -2.36. The van der Waals surface area contributed by atoms with Crippen LogP contribution in [0, 0.1) is 0 Å². The molecular formula is C29H36N4O4. The molecule has 0 aliphatic carbocycles. The van der Waals surface area contributed by atoms with Crippen LogP contribution in [0.25, 0.3) is 10.8 Å². The van der Waals surface area contributed by atoms with Gasteiger partial charge in [0.05, 0.1) is 13.2 Å². The van der Waals surface area contributed by atoms with E-state index in [1.807, 2.05) is 18.2 Å². The normalized spacial score (nSPS) is 15.9. The number of benzene rings is 2. The monoisotopic (exact) mass is 504 g/mol. The summed E-state index contributed by atoms with van der Waals surface area (Å²) in [4.78, 5) is 21.1. The summed E-state index contributed by atoms with van der Waals surface area (Å²) in [7, 11) is 1.69. The number of methoxy groups -OCH3 is 1. The van der Waals surface area contributed by atoms with Crippen LogP contribution in [0.15, 0.2) is 48.5 Å². The van der Waals surface area contributed by atoms with Crippen LogP contribution in [0.2, 0.25) is 0 Å². The van der Waals surface area contributed by atoms with E-state index in [0.29, 0.717) is 37.9 Å². The number of hydrogen-bond acceptors (Lipinski definition) is 7. The Bertz CT molecular complexity index is 1210. The molecule has 0 bridgehead atoms. The lowest BCUT2D eigenvalue weighted by molar-refractivity contribution is -0.116. The van der Waals surface area contributed by atoms with Crippen molar-refractivity contribution in [2.45, 2.75) is 25.7 Å². The van der Waals surface area contributed by atoms with Crippen molar-refractivity contribution < 1.29 is 19.0 Å². The molecule has 0 unspecified atom stereocenters. The van der Waals surface area contributed by atoms with E-state index in [2.05, 4.69) is 50.4 Å². The smallest absolute Gasteiger partial charge is 0.225 e. The number of aromatic nitrogens is 1. The van der Waals surface area contributed by atoms with Crippen LogP contribution < -0.4 is 19.7 Å². The van der Waals surface area contributed by atoms with Gasteiger partial charge in [-0.1, -0.05) is 18.2 Å². The van der Waals surface area contributed by atoms with E-state index >= 15 is 0 Å². The molecule has 37 heavy (non-hydrogen) atoms. The minimum atomic E-state index is 0.0226. The summed E-state index contributed by atoms with van der Waals surface area (Å²) >= 11 is 0. The van der Waals surface area contributed by atoms with Gasteiger partial charge in [-0.15, -0.1) is 0 Å². The van der Waals surface area contributed by atoms with Gasteiger partial charge < -0.3 is 24.4 Å². The first kappa shape index (κ1) is 25.3. The van der Waals surface area contributed by atoms with Gasteiger partial charge in [-0.05, 0) is 61.0 Å². The fraction of sp³-hybridized carbons (Fsp3) is 0.448. The molecule has 1 amide bonds. The number of ether oxygens (including phenoxy) is 3. The van der Waals surface area contributed by atoms with E-state index in [4.69, 9.17) is 14.2 Å². The van der Waals surface area contributed by atoms with Gasteiger partial charge in [0.15, 0.2) is 0 Å². The first-order chi connectivity index (χ1) is 18.2. The molecule has 8 nitrogen and oxygen atoms in total. The predicted octanol–water partition coefficient (Wildman–Crippen LogP) is 4.13. The Kier molecular flexibility index (Phi) is 8.38. The minimum absolute atomic E-state index is 0.0226. The van der Waals surface area contributed by atoms with E-state index in [9.17, 15) is 4.79 Å². The molecule has 5 rings (SSSR count). The SMILES string of the molecule is COCCOc1ccc2cccc(N3CCN(CCCCOc4ccc5c(n4)NC(=O)CC5)CC3)c2c1. The highest BCUT2D eigenvalue weighted by Gasteiger charge is 2.19. The van der Waals surface area contributed by atoms with Crippen LogP contribution in [0.1, 0.15) is 24.8 Å². The second kappa shape index (κ2) is 12.3. The Morgan fingerprint density at radius 2 is 1.81 bits per heavy atom. The molecule has 1 saturated heterocycles. The van der Waals surface area contributed by atoms with Crippen LogP contribution >= 0.6 is 0 Å². The Balaban J connectivity index is 1.06. The summed E-state index contributed by atoms with van der Waals surface area (Å²) < 4.78 is 16.8. The number of piperazine rings is 1. The standard InChI is InChI=1S/C29H36N4O4/c1-35-19-20-36-24-10-7-22-5-4-6-26(25(22)21-24)33-16-14-32(15-17-33)13-2-3-18-37-28-12-9-23-8-11-27(34)30-29(23)31-28/h4-7,9-10,12,21H,2-3,8,11,13-20H2,1H3,(H,30,31,34). The Labute approximate surface area is 218 Å². The third kappa shape index (κ3) is 6.50. The van der Waals surface area contributed by atoms with Crippen LogP contribution in [-0.4, -0.2) is 75.4 Å². The molecule has 0 radical (unpaired) electrons. The van der Waals surface area contributed by atoms with Crippen LogP contribution in [-0.2, 0) is 16.0 Å². The molecular weight excluding hydrogens is 468 g/mol. The van der Waals surface area contributed by atoms with E-state index in [-0.39, 0.29) is 5.91 Å². The molecule has 8 heteroatoms. The van der Waals surface area contributed by atoms with Crippen LogP contribution in [0.3, 0.4) is 0 Å². The quantitative estimate of drug-likeness (QED) is 0.394. The fourth-order valence-corrected chi connectivity index (χ4v) is 4.97. The predicted molar refractivity (Wildman–Crippen MR) is 146 cm³/mol. The molecule has 0 saturated carbocycles. The largest absolute Gasteiger partial charge is 0.491 e. The number of nitrogens with one attached hydrogen (secondary N) is 1. The van der Waals surface area contributed by atoms with Crippen molar-refractivity contribution >= 4 is 28.2 Å². The summed E-state index contributed by atoms with van der Waals surface area (Å²) in [5.74, 6) is 2.13. The van der Waals surface area contributed by atoms with Crippen molar-refractivity contribution in [2.24, 2.45) is 0 Å². The third-order valence-electron chi connectivity index (χ3n) is 7.05. The van der Waals surface area contributed by atoms with E-state index in [1.165, 1.54) is 16.5 Å². The lowest BCUT2D eigenvalue weighted by Crippen LogP contribution is -2.46. The number of amides is 1. The molecule has 2 aliphatic heterocycles. The second-order valence-electron chi connectivity index (χ2n) is 9.59. The molecule has 0 spiro atoms. The van der Waals surface area contributed by atoms with Crippen molar-refractivity contribution in [2.75, 3.05) is 69.9 Å². The molecule has 3 heterocycles. The Morgan fingerprint density at radius 1 is 0.919 bits per heavy atom. The van der Waals surface area contributed by atoms with Gasteiger partial charge in [0, 0.05) is 56.8 Å². The molecule has 0 atom stereocenters. The van der Waals surface area contributed by atoms with Crippen molar-refractivity contribution in [3.63, 3.8) is 0 Å². The molecule has 2 aromatic carbocycles. The lowest BCUT2D eigenvalue weighted by atomic mass is 10.1. The highest BCUT2D eigenvalue weighted by Crippen LogP contribution is 2.31. The number of pyridine rings is 1. The zero-order chi connectivity index (χ0) is 25.5. The molecule has 1 fully saturated rings. The van der Waals surface area contributed by atoms with E-state index in [0.717, 1.165) is 63.3 Å². The maximum Gasteiger partial charge on any atom is 0.225 e. The average Bonchev–Trinajstić information content (AvgIpc) is 2.93. The van der Waals surface area contributed by atoms with Crippen molar-refractivity contribution in [1.82, 2.24) is 9.88 Å². The Morgan fingerprint density at radius 3 is 2.68 bits per heavy atom. The third-order valence-corrected chi connectivity index (χ3v) is 7.05. The summed E-state index contributed by atoms with van der Waals surface area (Å²) in [6.45, 7) is 6.95. The van der Waals surface area contributed by atoms with Gasteiger partial charge in [-0.3, -0.25) is 9.69 Å². The van der Waals surface area contributed by atoms with Crippen LogP contribution in [0.4, 0.5) is 11.5 Å². The number of nitrogens with zero attached hydrogens (tertiary/aromatic N) is 3. The maximum absolute atomic E-state index is 11.6. The van der Waals surface area contributed by atoms with Gasteiger partial charge in [-0.2, -0.15) is 4.98 Å². The van der Waals surface area contributed by atoms with Crippen molar-refractivity contribution in [3.8, 4) is 11.6 Å². The first-order valence-electron chi connectivity index (χ1n) is 13.2. The second-order valence-corrected chi connectivity index (χ2v) is 9.59. The first-order valence-corrected chi connectivity index (χ1v) is 13.2. The number of carbonyl (C=O) groups is 1. The number of anilines is 2. The molecule has 2 aliphatic rings. The molecule has 3 aromatic rings. The average molecular weight is 505 g/mol. The highest BCUT2D eigenvalue weighted by atomic mass is 16.5. The number of aryl methyl sites for hydroxylation is 1. The fourth-order valence-electron chi connectivity index (χ4n) is 4.97. The summed E-state index contributed by atoms with van der Waals surface area (Å²) in [5.41, 5.74) is 2.35. The van der Waals surface area contributed by atoms with Crippen LogP contribution in [0.5, 0.6) is 11.6 Å². The minimum Gasteiger partial charge on any atom is -0.491 e. The number of rotatable bonds is 11. The molecule has 196 valence electrons.